The van der Waals surface area contributed by atoms with Crippen LogP contribution in [0, 0.1) is 5.82 Å². The Bertz CT molecular complexity index is 783. The fraction of sp³-hybridized carbons (Fsp3) is 0.0588. The summed E-state index contributed by atoms with van der Waals surface area (Å²) in [6.45, 7) is 0.528. The van der Waals surface area contributed by atoms with E-state index in [2.05, 4.69) is 10.4 Å². The van der Waals surface area contributed by atoms with Gasteiger partial charge in [-0.1, -0.05) is 42.5 Å². The SMILES string of the molecule is O=C(Nc1ccnn1Cc1ccccc1)c1ccccc1F. The predicted molar refractivity (Wildman–Crippen MR) is 82.1 cm³/mol. The van der Waals surface area contributed by atoms with Crippen LogP contribution in [0.2, 0.25) is 0 Å². The lowest BCUT2D eigenvalue weighted by Crippen LogP contribution is -2.17. The van der Waals surface area contributed by atoms with Crippen molar-refractivity contribution in [2.45, 2.75) is 6.54 Å². The van der Waals surface area contributed by atoms with E-state index in [1.54, 1.807) is 29.1 Å². The summed E-state index contributed by atoms with van der Waals surface area (Å²) < 4.78 is 15.3. The van der Waals surface area contributed by atoms with Crippen LogP contribution in [-0.4, -0.2) is 15.7 Å². The normalized spacial score (nSPS) is 10.4. The molecule has 5 heteroatoms. The topological polar surface area (TPSA) is 46.9 Å². The van der Waals surface area contributed by atoms with Crippen LogP contribution in [0.5, 0.6) is 0 Å². The average molecular weight is 295 g/mol. The monoisotopic (exact) mass is 295 g/mol. The predicted octanol–water partition coefficient (Wildman–Crippen LogP) is 3.32. The fourth-order valence-corrected chi connectivity index (χ4v) is 2.15. The van der Waals surface area contributed by atoms with Gasteiger partial charge in [0, 0.05) is 6.07 Å². The lowest BCUT2D eigenvalue weighted by atomic mass is 10.2. The van der Waals surface area contributed by atoms with Crippen molar-refractivity contribution in [1.82, 2.24) is 9.78 Å². The van der Waals surface area contributed by atoms with Gasteiger partial charge < -0.3 is 5.32 Å². The number of benzene rings is 2. The number of aromatic nitrogens is 2. The first-order valence-corrected chi connectivity index (χ1v) is 6.85. The molecule has 0 aliphatic heterocycles. The van der Waals surface area contributed by atoms with Crippen molar-refractivity contribution in [3.63, 3.8) is 0 Å². The lowest BCUT2D eigenvalue weighted by Gasteiger charge is -2.09. The molecular formula is C17H14FN3O. The Labute approximate surface area is 127 Å². The van der Waals surface area contributed by atoms with Gasteiger partial charge in [-0.25, -0.2) is 9.07 Å². The second-order valence-corrected chi connectivity index (χ2v) is 4.79. The van der Waals surface area contributed by atoms with Crippen LogP contribution < -0.4 is 5.32 Å². The highest BCUT2D eigenvalue weighted by Gasteiger charge is 2.13. The highest BCUT2D eigenvalue weighted by atomic mass is 19.1. The number of amides is 1. The Morgan fingerprint density at radius 3 is 2.55 bits per heavy atom. The number of rotatable bonds is 4. The highest BCUT2D eigenvalue weighted by molar-refractivity contribution is 6.03. The number of carbonyl (C=O) groups is 1. The first kappa shape index (κ1) is 14.0. The number of carbonyl (C=O) groups excluding carboxylic acids is 1. The molecule has 1 amide bonds. The minimum Gasteiger partial charge on any atom is -0.307 e. The van der Waals surface area contributed by atoms with Gasteiger partial charge in [0.05, 0.1) is 18.3 Å². The maximum atomic E-state index is 13.6. The first-order chi connectivity index (χ1) is 10.7. The van der Waals surface area contributed by atoms with E-state index >= 15 is 0 Å². The summed E-state index contributed by atoms with van der Waals surface area (Å²) in [7, 11) is 0. The van der Waals surface area contributed by atoms with Crippen LogP contribution in [-0.2, 0) is 6.54 Å². The van der Waals surface area contributed by atoms with Crippen LogP contribution in [0.25, 0.3) is 0 Å². The smallest absolute Gasteiger partial charge is 0.259 e. The molecule has 1 aromatic heterocycles. The van der Waals surface area contributed by atoms with Crippen LogP contribution in [0.3, 0.4) is 0 Å². The quantitative estimate of drug-likeness (QED) is 0.802. The zero-order valence-corrected chi connectivity index (χ0v) is 11.7. The summed E-state index contributed by atoms with van der Waals surface area (Å²) in [5, 5.41) is 6.88. The van der Waals surface area contributed by atoms with Crippen molar-refractivity contribution in [2.24, 2.45) is 0 Å². The van der Waals surface area contributed by atoms with Crippen molar-refractivity contribution in [1.29, 1.82) is 0 Å². The van der Waals surface area contributed by atoms with Gasteiger partial charge in [0.1, 0.15) is 11.6 Å². The number of halogens is 1. The summed E-state index contributed by atoms with van der Waals surface area (Å²) in [6, 6.07) is 17.3. The number of hydrogen-bond donors (Lipinski definition) is 1. The first-order valence-electron chi connectivity index (χ1n) is 6.85. The molecule has 3 aromatic rings. The Morgan fingerprint density at radius 2 is 1.77 bits per heavy atom. The van der Waals surface area contributed by atoms with E-state index in [1.807, 2.05) is 30.3 Å². The van der Waals surface area contributed by atoms with Gasteiger partial charge in [0.25, 0.3) is 5.91 Å². The van der Waals surface area contributed by atoms with Crippen molar-refractivity contribution in [2.75, 3.05) is 5.32 Å². The van der Waals surface area contributed by atoms with Crippen molar-refractivity contribution < 1.29 is 9.18 Å². The van der Waals surface area contributed by atoms with Gasteiger partial charge in [-0.3, -0.25) is 4.79 Å². The molecule has 0 aliphatic rings. The molecule has 22 heavy (non-hydrogen) atoms. The van der Waals surface area contributed by atoms with Crippen LogP contribution in [0.1, 0.15) is 15.9 Å². The molecule has 2 aromatic carbocycles. The maximum Gasteiger partial charge on any atom is 0.259 e. The van der Waals surface area contributed by atoms with E-state index in [1.165, 1.54) is 12.1 Å². The molecule has 0 saturated carbocycles. The van der Waals surface area contributed by atoms with E-state index in [0.29, 0.717) is 12.4 Å². The molecule has 1 N–H and O–H groups in total. The Morgan fingerprint density at radius 1 is 1.05 bits per heavy atom. The molecule has 0 unspecified atom stereocenters. The molecule has 0 fully saturated rings. The van der Waals surface area contributed by atoms with E-state index in [9.17, 15) is 9.18 Å². The zero-order chi connectivity index (χ0) is 15.4. The number of nitrogens with zero attached hydrogens (tertiary/aromatic N) is 2. The number of anilines is 1. The van der Waals surface area contributed by atoms with E-state index in [0.717, 1.165) is 5.56 Å². The van der Waals surface area contributed by atoms with E-state index in [-0.39, 0.29) is 5.56 Å². The highest BCUT2D eigenvalue weighted by Crippen LogP contribution is 2.13. The minimum absolute atomic E-state index is 0.00922. The standard InChI is InChI=1S/C17H14FN3O/c18-15-9-5-4-8-14(15)17(22)20-16-10-11-19-21(16)12-13-6-2-1-3-7-13/h1-11H,12H2,(H,20,22). The average Bonchev–Trinajstić information content (AvgIpc) is 2.95. The van der Waals surface area contributed by atoms with Crippen molar-refractivity contribution >= 4 is 11.7 Å². The molecule has 0 aliphatic carbocycles. The van der Waals surface area contributed by atoms with Crippen LogP contribution in [0.15, 0.2) is 66.9 Å². The molecule has 4 nitrogen and oxygen atoms in total. The number of nitrogens with one attached hydrogen (secondary N) is 1. The summed E-state index contributed by atoms with van der Waals surface area (Å²) in [5.41, 5.74) is 1.07. The third-order valence-corrected chi connectivity index (χ3v) is 3.25. The summed E-state index contributed by atoms with van der Waals surface area (Å²) in [6.07, 6.45) is 1.60. The van der Waals surface area contributed by atoms with Crippen molar-refractivity contribution in [3.05, 3.63) is 83.8 Å². The Kier molecular flexibility index (Phi) is 3.96. The largest absolute Gasteiger partial charge is 0.307 e. The molecule has 110 valence electrons. The number of hydrogen-bond acceptors (Lipinski definition) is 2. The third kappa shape index (κ3) is 3.03. The van der Waals surface area contributed by atoms with E-state index in [4.69, 9.17) is 0 Å². The van der Waals surface area contributed by atoms with Gasteiger partial charge in [-0.15, -0.1) is 0 Å². The molecular weight excluding hydrogens is 281 g/mol. The lowest BCUT2D eigenvalue weighted by molar-refractivity contribution is 0.102. The zero-order valence-electron chi connectivity index (χ0n) is 11.7. The molecule has 0 bridgehead atoms. The second-order valence-electron chi connectivity index (χ2n) is 4.79. The van der Waals surface area contributed by atoms with Gasteiger partial charge in [0.15, 0.2) is 0 Å². The molecule has 0 atom stereocenters. The van der Waals surface area contributed by atoms with Crippen LogP contribution in [0.4, 0.5) is 10.2 Å². The summed E-state index contributed by atoms with van der Waals surface area (Å²) >= 11 is 0. The maximum absolute atomic E-state index is 13.6. The van der Waals surface area contributed by atoms with Gasteiger partial charge in [0.2, 0.25) is 0 Å². The third-order valence-electron chi connectivity index (χ3n) is 3.25. The molecule has 1 heterocycles. The Balaban J connectivity index is 1.78. The molecule has 3 rings (SSSR count). The van der Waals surface area contributed by atoms with Crippen molar-refractivity contribution in [3.8, 4) is 0 Å². The van der Waals surface area contributed by atoms with E-state index < -0.39 is 11.7 Å². The molecule has 0 radical (unpaired) electrons. The summed E-state index contributed by atoms with van der Waals surface area (Å²) in [4.78, 5) is 12.1. The van der Waals surface area contributed by atoms with Gasteiger partial charge in [-0.05, 0) is 17.7 Å². The Hall–Kier alpha value is -2.95. The van der Waals surface area contributed by atoms with Gasteiger partial charge in [-0.2, -0.15) is 5.10 Å². The molecule has 0 spiro atoms. The second kappa shape index (κ2) is 6.22. The minimum atomic E-state index is -0.547. The van der Waals surface area contributed by atoms with Gasteiger partial charge >= 0.3 is 0 Å². The van der Waals surface area contributed by atoms with Crippen LogP contribution >= 0.6 is 0 Å². The molecule has 0 saturated heterocycles. The summed E-state index contributed by atoms with van der Waals surface area (Å²) in [5.74, 6) is -0.515. The fourth-order valence-electron chi connectivity index (χ4n) is 2.15.